The Labute approximate surface area is 170 Å². The maximum Gasteiger partial charge on any atom is 0.308 e. The molecular weight excluding hydrogens is 382 g/mol. The highest BCUT2D eigenvalue weighted by molar-refractivity contribution is 5.81. The molecule has 1 aliphatic rings. The first-order valence-electron chi connectivity index (χ1n) is 10.4. The van der Waals surface area contributed by atoms with Gasteiger partial charge in [-0.3, -0.25) is 14.2 Å². The molecule has 0 aromatic carbocycles. The maximum atomic E-state index is 12.5. The summed E-state index contributed by atoms with van der Waals surface area (Å²) >= 11 is 0. The second-order valence-electron chi connectivity index (χ2n) is 6.94. The number of nitrogens with zero attached hydrogens (tertiary/aromatic N) is 4. The summed E-state index contributed by atoms with van der Waals surface area (Å²) in [5.41, 5.74) is 6.44. The molecule has 2 aromatic rings. The number of ether oxygens (including phenoxy) is 3. The van der Waals surface area contributed by atoms with Crippen LogP contribution >= 0.6 is 0 Å². The van der Waals surface area contributed by atoms with Gasteiger partial charge < -0.3 is 25.1 Å². The van der Waals surface area contributed by atoms with Gasteiger partial charge in [-0.15, -0.1) is 0 Å². The lowest BCUT2D eigenvalue weighted by molar-refractivity contribution is -0.172. The number of esters is 2. The van der Waals surface area contributed by atoms with Crippen molar-refractivity contribution < 1.29 is 31.6 Å². The van der Waals surface area contributed by atoms with Crippen LogP contribution in [0.5, 0.6) is 0 Å². The Morgan fingerprint density at radius 1 is 1.24 bits per heavy atom. The van der Waals surface area contributed by atoms with Crippen molar-refractivity contribution in [3.8, 4) is 0 Å². The number of nitrogen functional groups attached to an aromatic ring is 1. The summed E-state index contributed by atoms with van der Waals surface area (Å²) in [4.78, 5) is 37.0. The van der Waals surface area contributed by atoms with E-state index in [1.54, 1.807) is 0 Å². The van der Waals surface area contributed by atoms with Crippen molar-refractivity contribution in [3.63, 3.8) is 0 Å². The fraction of sp³-hybridized carbons (Fsp3) is 0.611. The van der Waals surface area contributed by atoms with E-state index in [1.807, 2.05) is 0 Å². The molecule has 1 saturated heterocycles. The SMILES string of the molecule is [2H]CC(C)C(=O)O[C@H]1[C@H](OC(=O)C(C)C[2H])C(n2cnc3c(N)ncnc32)O[C@@H]1CO. The van der Waals surface area contributed by atoms with Gasteiger partial charge in [0, 0.05) is 2.74 Å². The summed E-state index contributed by atoms with van der Waals surface area (Å²) in [5.74, 6) is -2.66. The molecule has 29 heavy (non-hydrogen) atoms. The Hall–Kier alpha value is -2.79. The van der Waals surface area contributed by atoms with Crippen molar-refractivity contribution in [2.75, 3.05) is 12.3 Å². The summed E-state index contributed by atoms with van der Waals surface area (Å²) in [7, 11) is 0. The molecule has 2 aromatic heterocycles. The van der Waals surface area contributed by atoms with E-state index in [0.717, 1.165) is 0 Å². The molecule has 0 saturated carbocycles. The van der Waals surface area contributed by atoms with Gasteiger partial charge in [-0.05, 0) is 0 Å². The van der Waals surface area contributed by atoms with Gasteiger partial charge in [0.25, 0.3) is 0 Å². The van der Waals surface area contributed by atoms with Gasteiger partial charge in [-0.25, -0.2) is 15.0 Å². The van der Waals surface area contributed by atoms with E-state index in [4.69, 9.17) is 22.7 Å². The zero-order chi connectivity index (χ0) is 22.7. The van der Waals surface area contributed by atoms with E-state index >= 15 is 0 Å². The molecule has 1 aliphatic heterocycles. The number of carbonyl (C=O) groups is 2. The molecule has 11 heteroatoms. The fourth-order valence-electron chi connectivity index (χ4n) is 2.90. The predicted octanol–water partition coefficient (Wildman–Crippen LogP) is 0.434. The van der Waals surface area contributed by atoms with Crippen LogP contribution in [0, 0.1) is 11.8 Å². The van der Waals surface area contributed by atoms with Gasteiger partial charge in [0.2, 0.25) is 0 Å². The van der Waals surface area contributed by atoms with E-state index < -0.39 is 54.9 Å². The molecule has 3 unspecified atom stereocenters. The number of anilines is 1. The van der Waals surface area contributed by atoms with Crippen LogP contribution in [0.3, 0.4) is 0 Å². The summed E-state index contributed by atoms with van der Waals surface area (Å²) in [6.45, 7) is 2.16. The molecule has 0 bridgehead atoms. The average molecular weight is 409 g/mol. The molecule has 11 nitrogen and oxygen atoms in total. The number of imidazole rings is 1. The Balaban J connectivity index is 2.00. The molecule has 0 radical (unpaired) electrons. The molecule has 1 fully saturated rings. The van der Waals surface area contributed by atoms with Crippen LogP contribution in [0.25, 0.3) is 11.2 Å². The number of aromatic nitrogens is 4. The highest BCUT2D eigenvalue weighted by Gasteiger charge is 2.51. The minimum Gasteiger partial charge on any atom is -0.455 e. The highest BCUT2D eigenvalue weighted by atomic mass is 16.6. The van der Waals surface area contributed by atoms with Crippen LogP contribution in [0.4, 0.5) is 5.82 Å². The Morgan fingerprint density at radius 3 is 2.52 bits per heavy atom. The summed E-state index contributed by atoms with van der Waals surface area (Å²) in [6.07, 6.45) is -1.73. The molecule has 3 rings (SSSR count). The van der Waals surface area contributed by atoms with Crippen LogP contribution in [-0.2, 0) is 23.8 Å². The minimum atomic E-state index is -1.16. The summed E-state index contributed by atoms with van der Waals surface area (Å²) < 4.78 is 33.3. The molecule has 0 aliphatic carbocycles. The van der Waals surface area contributed by atoms with Crippen molar-refractivity contribution in [1.29, 1.82) is 0 Å². The van der Waals surface area contributed by atoms with Gasteiger partial charge in [0.1, 0.15) is 17.9 Å². The van der Waals surface area contributed by atoms with Crippen LogP contribution < -0.4 is 5.73 Å². The zero-order valence-electron chi connectivity index (χ0n) is 18.1. The second-order valence-corrected chi connectivity index (χ2v) is 6.94. The van der Waals surface area contributed by atoms with Gasteiger partial charge >= 0.3 is 11.9 Å². The number of hydrogen-bond donors (Lipinski definition) is 2. The topological polar surface area (TPSA) is 152 Å². The maximum absolute atomic E-state index is 12.5. The summed E-state index contributed by atoms with van der Waals surface area (Å²) in [6, 6.07) is 0. The van der Waals surface area contributed by atoms with Crippen molar-refractivity contribution in [3.05, 3.63) is 12.7 Å². The zero-order valence-corrected chi connectivity index (χ0v) is 16.1. The van der Waals surface area contributed by atoms with Gasteiger partial charge in [-0.2, -0.15) is 0 Å². The predicted molar refractivity (Wildman–Crippen MR) is 100 cm³/mol. The van der Waals surface area contributed by atoms with Crippen molar-refractivity contribution in [1.82, 2.24) is 19.5 Å². The van der Waals surface area contributed by atoms with Crippen LogP contribution in [0.15, 0.2) is 12.7 Å². The van der Waals surface area contributed by atoms with Crippen molar-refractivity contribution in [2.45, 2.75) is 52.2 Å². The first kappa shape index (κ1) is 18.3. The number of rotatable bonds is 6. The lowest BCUT2D eigenvalue weighted by atomic mass is 10.1. The molecule has 158 valence electrons. The Morgan fingerprint density at radius 2 is 1.90 bits per heavy atom. The summed E-state index contributed by atoms with van der Waals surface area (Å²) in [5, 5.41) is 9.83. The number of hydrogen-bond acceptors (Lipinski definition) is 10. The minimum absolute atomic E-state index is 0.143. The monoisotopic (exact) mass is 409 g/mol. The van der Waals surface area contributed by atoms with E-state index in [1.165, 1.54) is 31.1 Å². The third-order valence-corrected chi connectivity index (χ3v) is 4.44. The van der Waals surface area contributed by atoms with E-state index in [0.29, 0.717) is 11.2 Å². The Kier molecular flexibility index (Phi) is 5.22. The fourth-order valence-corrected chi connectivity index (χ4v) is 2.90. The third-order valence-electron chi connectivity index (χ3n) is 4.44. The van der Waals surface area contributed by atoms with Gasteiger partial charge in [-0.1, -0.05) is 27.6 Å². The lowest BCUT2D eigenvalue weighted by Gasteiger charge is -2.25. The van der Waals surface area contributed by atoms with Crippen LogP contribution in [0.1, 0.15) is 36.6 Å². The molecule has 6 atom stereocenters. The number of nitrogens with two attached hydrogens (primary N) is 1. The normalized spacial score (nSPS) is 27.1. The largest absolute Gasteiger partial charge is 0.455 e. The van der Waals surface area contributed by atoms with E-state index in [9.17, 15) is 14.7 Å². The van der Waals surface area contributed by atoms with Crippen molar-refractivity contribution >= 4 is 28.9 Å². The quantitative estimate of drug-likeness (QED) is 0.643. The standard InChI is InChI=1S/C18H25N5O6/c1-8(2)17(25)28-12-10(5-24)27-16(13(12)29-18(26)9(3)4)23-7-22-11-14(19)20-6-21-15(11)23/h6-10,12-13,16,24H,5H2,1-4H3,(H2,19,20,21)/t10-,12-,13+,16?/m1/s1/i1D,3D/t8?,9?,10-,12-,13+,16?. The molecular formula is C18H25N5O6. The van der Waals surface area contributed by atoms with Crippen LogP contribution in [0.2, 0.25) is 0 Å². The number of aliphatic hydroxyl groups excluding tert-OH is 1. The first-order chi connectivity index (χ1) is 14.8. The first-order valence-corrected chi connectivity index (χ1v) is 9.01. The van der Waals surface area contributed by atoms with Crippen LogP contribution in [-0.4, -0.2) is 61.5 Å². The molecule has 0 amide bonds. The highest BCUT2D eigenvalue weighted by Crippen LogP contribution is 2.36. The molecule has 0 spiro atoms. The second kappa shape index (κ2) is 8.29. The average Bonchev–Trinajstić information content (AvgIpc) is 3.34. The number of aliphatic hydroxyl groups is 1. The van der Waals surface area contributed by atoms with Gasteiger partial charge in [0.05, 0.1) is 24.8 Å². The smallest absolute Gasteiger partial charge is 0.308 e. The molecule has 3 N–H and O–H groups in total. The third kappa shape index (κ3) is 4.01. The van der Waals surface area contributed by atoms with E-state index in [2.05, 4.69) is 15.0 Å². The lowest BCUT2D eigenvalue weighted by Crippen LogP contribution is -2.42. The molecule has 3 heterocycles. The van der Waals surface area contributed by atoms with Gasteiger partial charge in [0.15, 0.2) is 29.9 Å². The van der Waals surface area contributed by atoms with E-state index in [-0.39, 0.29) is 19.6 Å². The Bertz CT molecular complexity index is 943. The number of carbonyl (C=O) groups excluding carboxylic acids is 2. The van der Waals surface area contributed by atoms with Crippen molar-refractivity contribution in [2.24, 2.45) is 11.8 Å². The number of fused-ring (bicyclic) bond motifs is 1.